The lowest BCUT2D eigenvalue weighted by Crippen LogP contribution is -2.36. The molecular formula is C15H22ClN3O. The first-order valence-electron chi connectivity index (χ1n) is 7.61. The van der Waals surface area contributed by atoms with E-state index < -0.39 is 0 Å². The number of halogens is 1. The highest BCUT2D eigenvalue weighted by Gasteiger charge is 2.31. The molecule has 1 aromatic rings. The molecule has 1 N–H and O–H groups in total. The smallest absolute Gasteiger partial charge is 0.293 e. The second-order valence-corrected chi connectivity index (χ2v) is 6.53. The van der Waals surface area contributed by atoms with Gasteiger partial charge in [0.1, 0.15) is 0 Å². The highest BCUT2D eigenvalue weighted by atomic mass is 35.5. The molecule has 5 heteroatoms. The van der Waals surface area contributed by atoms with Gasteiger partial charge in [0, 0.05) is 36.3 Å². The zero-order valence-corrected chi connectivity index (χ0v) is 12.5. The van der Waals surface area contributed by atoms with E-state index >= 15 is 0 Å². The average molecular weight is 296 g/mol. The molecule has 0 aromatic carbocycles. The zero-order valence-electron chi connectivity index (χ0n) is 11.8. The summed E-state index contributed by atoms with van der Waals surface area (Å²) >= 11 is 6.19. The van der Waals surface area contributed by atoms with Crippen LogP contribution in [0.25, 0.3) is 0 Å². The Hall–Kier alpha value is -1.03. The molecule has 2 aliphatic rings. The summed E-state index contributed by atoms with van der Waals surface area (Å²) in [5.74, 6) is 1.14. The maximum Gasteiger partial charge on any atom is 0.293 e. The van der Waals surface area contributed by atoms with E-state index in [1.165, 1.54) is 19.3 Å². The Labute approximate surface area is 124 Å². The Morgan fingerprint density at radius 1 is 1.35 bits per heavy atom. The maximum absolute atomic E-state index is 12.3. The molecule has 2 aliphatic carbocycles. The van der Waals surface area contributed by atoms with E-state index in [4.69, 9.17) is 11.6 Å². The molecule has 3 rings (SSSR count). The van der Waals surface area contributed by atoms with E-state index in [0.29, 0.717) is 17.7 Å². The van der Waals surface area contributed by atoms with Gasteiger partial charge >= 0.3 is 0 Å². The molecule has 1 aromatic heterocycles. The van der Waals surface area contributed by atoms with E-state index in [9.17, 15) is 4.79 Å². The van der Waals surface area contributed by atoms with Crippen molar-refractivity contribution in [3.05, 3.63) is 22.7 Å². The van der Waals surface area contributed by atoms with Gasteiger partial charge in [0.2, 0.25) is 0 Å². The second kappa shape index (κ2) is 5.76. The highest BCUT2D eigenvalue weighted by molar-refractivity contribution is 6.18. The number of aromatic nitrogens is 2. The summed E-state index contributed by atoms with van der Waals surface area (Å²) < 4.78 is 1.81. The van der Waals surface area contributed by atoms with Gasteiger partial charge in [-0.25, -0.2) is 4.98 Å². The average Bonchev–Trinajstić information content (AvgIpc) is 3.32. The predicted molar refractivity (Wildman–Crippen MR) is 81.5 cm³/mol. The summed E-state index contributed by atoms with van der Waals surface area (Å²) in [6.45, 7) is 0.757. The first-order valence-corrected chi connectivity index (χ1v) is 8.15. The Kier molecular flexibility index (Phi) is 4.01. The van der Waals surface area contributed by atoms with Gasteiger partial charge in [0.25, 0.3) is 5.56 Å². The van der Waals surface area contributed by atoms with Crippen molar-refractivity contribution in [3.63, 3.8) is 0 Å². The fourth-order valence-electron chi connectivity index (χ4n) is 3.12. The van der Waals surface area contributed by atoms with Crippen molar-refractivity contribution >= 4 is 17.4 Å². The Balaban J connectivity index is 1.71. The van der Waals surface area contributed by atoms with Crippen LogP contribution in [0, 0.1) is 5.41 Å². The molecule has 0 atom stereocenters. The molecule has 0 aliphatic heterocycles. The van der Waals surface area contributed by atoms with E-state index in [1.807, 2.05) is 4.57 Å². The summed E-state index contributed by atoms with van der Waals surface area (Å²) in [5.41, 5.74) is 0.143. The van der Waals surface area contributed by atoms with Gasteiger partial charge in [0.15, 0.2) is 5.82 Å². The van der Waals surface area contributed by atoms with Gasteiger partial charge in [0.05, 0.1) is 0 Å². The monoisotopic (exact) mass is 295 g/mol. The molecular weight excluding hydrogens is 274 g/mol. The van der Waals surface area contributed by atoms with E-state index in [-0.39, 0.29) is 11.0 Å². The van der Waals surface area contributed by atoms with Crippen LogP contribution in [-0.2, 0) is 0 Å². The van der Waals surface area contributed by atoms with Gasteiger partial charge in [-0.2, -0.15) is 0 Å². The van der Waals surface area contributed by atoms with Crippen LogP contribution in [-0.4, -0.2) is 22.0 Å². The van der Waals surface area contributed by atoms with Crippen LogP contribution in [0.15, 0.2) is 17.2 Å². The van der Waals surface area contributed by atoms with Gasteiger partial charge in [-0.05, 0) is 25.7 Å². The minimum atomic E-state index is 0.00975. The molecule has 2 saturated carbocycles. The van der Waals surface area contributed by atoms with E-state index in [0.717, 1.165) is 32.2 Å². The van der Waals surface area contributed by atoms with Crippen molar-refractivity contribution in [1.82, 2.24) is 9.55 Å². The Bertz CT molecular complexity index is 518. The van der Waals surface area contributed by atoms with Crippen molar-refractivity contribution in [2.24, 2.45) is 5.41 Å². The molecule has 0 amide bonds. The predicted octanol–water partition coefficient (Wildman–Crippen LogP) is 3.18. The standard InChI is InChI=1S/C15H22ClN3O/c16-10-15(6-2-1-3-7-15)11-18-13-14(20)19(9-8-17-13)12-4-5-12/h8-9,12H,1-7,10-11H2,(H,17,18). The Morgan fingerprint density at radius 2 is 2.10 bits per heavy atom. The normalized spacial score (nSPS) is 21.6. The molecule has 110 valence electrons. The third-order valence-corrected chi connectivity index (χ3v) is 5.20. The van der Waals surface area contributed by atoms with Crippen LogP contribution in [0.2, 0.25) is 0 Å². The third kappa shape index (κ3) is 2.85. The van der Waals surface area contributed by atoms with Crippen molar-refractivity contribution in [1.29, 1.82) is 0 Å². The first-order chi connectivity index (χ1) is 9.74. The van der Waals surface area contributed by atoms with Crippen LogP contribution < -0.4 is 10.9 Å². The molecule has 0 spiro atoms. The van der Waals surface area contributed by atoms with Crippen molar-refractivity contribution < 1.29 is 0 Å². The number of rotatable bonds is 5. The van der Waals surface area contributed by atoms with Crippen molar-refractivity contribution in [2.45, 2.75) is 51.0 Å². The lowest BCUT2D eigenvalue weighted by Gasteiger charge is -2.35. The molecule has 1 heterocycles. The van der Waals surface area contributed by atoms with E-state index in [1.54, 1.807) is 12.4 Å². The summed E-state index contributed by atoms with van der Waals surface area (Å²) in [4.78, 5) is 16.5. The quantitative estimate of drug-likeness (QED) is 0.849. The van der Waals surface area contributed by atoms with Gasteiger partial charge < -0.3 is 9.88 Å². The summed E-state index contributed by atoms with van der Waals surface area (Å²) in [7, 11) is 0. The lowest BCUT2D eigenvalue weighted by atomic mass is 9.75. The van der Waals surface area contributed by atoms with Crippen LogP contribution in [0.1, 0.15) is 51.0 Å². The minimum absolute atomic E-state index is 0.00975. The first kappa shape index (κ1) is 13.9. The number of hydrogen-bond donors (Lipinski definition) is 1. The number of anilines is 1. The maximum atomic E-state index is 12.3. The van der Waals surface area contributed by atoms with Crippen LogP contribution in [0.5, 0.6) is 0 Å². The molecule has 2 fully saturated rings. The largest absolute Gasteiger partial charge is 0.365 e. The molecule has 0 bridgehead atoms. The number of nitrogens with zero attached hydrogens (tertiary/aromatic N) is 2. The summed E-state index contributed by atoms with van der Waals surface area (Å²) in [6, 6.07) is 0.391. The van der Waals surface area contributed by atoms with E-state index in [2.05, 4.69) is 10.3 Å². The lowest BCUT2D eigenvalue weighted by molar-refractivity contribution is 0.238. The van der Waals surface area contributed by atoms with Crippen LogP contribution in [0.3, 0.4) is 0 Å². The zero-order chi connectivity index (χ0) is 14.0. The number of hydrogen-bond acceptors (Lipinski definition) is 3. The molecule has 0 radical (unpaired) electrons. The van der Waals surface area contributed by atoms with Gasteiger partial charge in [-0.15, -0.1) is 11.6 Å². The topological polar surface area (TPSA) is 46.9 Å². The van der Waals surface area contributed by atoms with Crippen LogP contribution >= 0.6 is 11.6 Å². The fourth-order valence-corrected chi connectivity index (χ4v) is 3.48. The molecule has 0 saturated heterocycles. The van der Waals surface area contributed by atoms with Crippen molar-refractivity contribution in [2.75, 3.05) is 17.7 Å². The SMILES string of the molecule is O=c1c(NCC2(CCl)CCCCC2)nccn1C1CC1. The number of alkyl halides is 1. The molecule has 0 unspecified atom stereocenters. The van der Waals surface area contributed by atoms with Gasteiger partial charge in [-0.3, -0.25) is 4.79 Å². The van der Waals surface area contributed by atoms with Crippen LogP contribution in [0.4, 0.5) is 5.82 Å². The summed E-state index contributed by atoms with van der Waals surface area (Å²) in [5, 5.41) is 3.27. The summed E-state index contributed by atoms with van der Waals surface area (Å²) in [6.07, 6.45) is 11.8. The van der Waals surface area contributed by atoms with Gasteiger partial charge in [-0.1, -0.05) is 19.3 Å². The Morgan fingerprint density at radius 3 is 2.75 bits per heavy atom. The highest BCUT2D eigenvalue weighted by Crippen LogP contribution is 2.37. The third-order valence-electron chi connectivity index (χ3n) is 4.64. The number of nitrogens with one attached hydrogen (secondary N) is 1. The van der Waals surface area contributed by atoms with Crippen molar-refractivity contribution in [3.8, 4) is 0 Å². The minimum Gasteiger partial charge on any atom is -0.365 e. The molecule has 20 heavy (non-hydrogen) atoms. The second-order valence-electron chi connectivity index (χ2n) is 6.27. The fraction of sp³-hybridized carbons (Fsp3) is 0.733. The molecule has 4 nitrogen and oxygen atoms in total.